The first-order valence-corrected chi connectivity index (χ1v) is 13.4. The van der Waals surface area contributed by atoms with E-state index in [1.807, 2.05) is 35.7 Å². The van der Waals surface area contributed by atoms with E-state index in [0.29, 0.717) is 35.5 Å². The van der Waals surface area contributed by atoms with E-state index in [2.05, 4.69) is 46.3 Å². The van der Waals surface area contributed by atoms with E-state index in [-0.39, 0.29) is 5.91 Å². The Balaban J connectivity index is 1.49. The zero-order valence-electron chi connectivity index (χ0n) is 22.0. The summed E-state index contributed by atoms with van der Waals surface area (Å²) in [4.78, 5) is 19.9. The first-order chi connectivity index (χ1) is 18.4. The summed E-state index contributed by atoms with van der Waals surface area (Å²) in [5.74, 6) is 0.491. The summed E-state index contributed by atoms with van der Waals surface area (Å²) < 4.78 is 10.7. The van der Waals surface area contributed by atoms with Crippen LogP contribution in [0.25, 0.3) is 22.0 Å². The third kappa shape index (κ3) is 6.40. The molecular weight excluding hydrogens is 498 g/mol. The van der Waals surface area contributed by atoms with Crippen LogP contribution in [0.2, 0.25) is 0 Å². The maximum absolute atomic E-state index is 12.9. The quantitative estimate of drug-likeness (QED) is 0.328. The molecule has 1 atom stereocenters. The fourth-order valence-electron chi connectivity index (χ4n) is 4.51. The summed E-state index contributed by atoms with van der Waals surface area (Å²) in [5, 5.41) is 19.7. The molecule has 8 nitrogen and oxygen atoms in total. The summed E-state index contributed by atoms with van der Waals surface area (Å²) in [6, 6.07) is 12.4. The number of benzene rings is 2. The molecule has 2 aromatic carbocycles. The van der Waals surface area contributed by atoms with Gasteiger partial charge in [0.15, 0.2) is 5.01 Å². The number of anilines is 1. The van der Waals surface area contributed by atoms with Gasteiger partial charge in [0, 0.05) is 53.8 Å². The highest BCUT2D eigenvalue weighted by Crippen LogP contribution is 2.36. The molecule has 1 amide bonds. The van der Waals surface area contributed by atoms with Gasteiger partial charge in [-0.3, -0.25) is 4.79 Å². The van der Waals surface area contributed by atoms with Crippen molar-refractivity contribution >= 4 is 33.7 Å². The first-order valence-electron chi connectivity index (χ1n) is 12.5. The highest BCUT2D eigenvalue weighted by atomic mass is 32.1. The van der Waals surface area contributed by atoms with Gasteiger partial charge in [-0.1, -0.05) is 30.9 Å². The van der Waals surface area contributed by atoms with Crippen molar-refractivity contribution in [2.24, 2.45) is 0 Å². The van der Waals surface area contributed by atoms with E-state index in [9.17, 15) is 4.79 Å². The number of amides is 1. The normalized spacial score (nSPS) is 15.1. The molecule has 0 saturated carbocycles. The molecule has 4 rings (SSSR count). The summed E-state index contributed by atoms with van der Waals surface area (Å²) >= 11 is 1.33. The van der Waals surface area contributed by atoms with Gasteiger partial charge in [0.1, 0.15) is 5.75 Å². The molecule has 2 N–H and O–H groups in total. The Morgan fingerprint density at radius 1 is 1.32 bits per heavy atom. The van der Waals surface area contributed by atoms with Crippen LogP contribution in [0, 0.1) is 11.3 Å². The molecule has 0 radical (unpaired) electrons. The smallest absolute Gasteiger partial charge is 0.284 e. The molecule has 1 aromatic heterocycles. The summed E-state index contributed by atoms with van der Waals surface area (Å²) in [7, 11) is 5.44. The summed E-state index contributed by atoms with van der Waals surface area (Å²) in [6.07, 6.45) is 4.84. The lowest BCUT2D eigenvalue weighted by molar-refractivity contribution is 0.0960. The number of rotatable bonds is 11. The van der Waals surface area contributed by atoms with Crippen LogP contribution in [-0.2, 0) is 4.74 Å². The predicted octanol–water partition coefficient (Wildman–Crippen LogP) is 5.21. The molecule has 198 valence electrons. The number of carbonyl (C=O) groups excluding carboxylic acids is 1. The number of allylic oxidation sites excluding steroid dienone is 1. The average Bonchev–Trinajstić information content (AvgIpc) is 3.45. The van der Waals surface area contributed by atoms with E-state index in [4.69, 9.17) is 14.7 Å². The van der Waals surface area contributed by atoms with Gasteiger partial charge in [-0.2, -0.15) is 5.26 Å². The number of ether oxygens (including phenoxy) is 2. The van der Waals surface area contributed by atoms with E-state index >= 15 is 0 Å². The van der Waals surface area contributed by atoms with Crippen molar-refractivity contribution in [2.45, 2.75) is 25.3 Å². The van der Waals surface area contributed by atoms with E-state index in [1.165, 1.54) is 11.3 Å². The largest absolute Gasteiger partial charge is 0.495 e. The van der Waals surface area contributed by atoms with Gasteiger partial charge in [0.05, 0.1) is 31.2 Å². The fraction of sp³-hybridized carbons (Fsp3) is 0.345. The molecule has 0 aliphatic heterocycles. The lowest BCUT2D eigenvalue weighted by Gasteiger charge is -2.30. The Labute approximate surface area is 227 Å². The zero-order chi connectivity index (χ0) is 27.1. The molecule has 3 aromatic rings. The van der Waals surface area contributed by atoms with Crippen molar-refractivity contribution < 1.29 is 14.3 Å². The van der Waals surface area contributed by atoms with Gasteiger partial charge >= 0.3 is 0 Å². The minimum Gasteiger partial charge on any atom is -0.495 e. The Bertz CT molecular complexity index is 1390. The van der Waals surface area contributed by atoms with Gasteiger partial charge in [-0.05, 0) is 43.8 Å². The number of carbonyl (C=O) groups is 1. The van der Waals surface area contributed by atoms with Gasteiger partial charge in [0.25, 0.3) is 5.91 Å². The number of methoxy groups -OCH3 is 2. The Hall–Kier alpha value is -3.71. The molecule has 0 saturated heterocycles. The monoisotopic (exact) mass is 531 g/mol. The van der Waals surface area contributed by atoms with E-state index < -0.39 is 0 Å². The van der Waals surface area contributed by atoms with Crippen LogP contribution in [0.5, 0.6) is 5.75 Å². The molecular formula is C29H33N5O3S. The Morgan fingerprint density at radius 3 is 2.84 bits per heavy atom. The van der Waals surface area contributed by atoms with E-state index in [1.54, 1.807) is 14.2 Å². The molecule has 0 fully saturated rings. The topological polar surface area (TPSA) is 99.5 Å². The van der Waals surface area contributed by atoms with Crippen LogP contribution in [0.1, 0.15) is 29.1 Å². The third-order valence-electron chi connectivity index (χ3n) is 6.76. The second kappa shape index (κ2) is 12.7. The third-order valence-corrected chi connectivity index (χ3v) is 7.60. The van der Waals surface area contributed by atoms with Crippen molar-refractivity contribution in [1.82, 2.24) is 15.2 Å². The summed E-state index contributed by atoms with van der Waals surface area (Å²) in [5.41, 5.74) is 3.79. The number of nitrogens with zero attached hydrogens (tertiary/aromatic N) is 3. The molecule has 1 aliphatic carbocycles. The molecule has 1 aliphatic rings. The Morgan fingerprint density at radius 2 is 2.13 bits per heavy atom. The zero-order valence-corrected chi connectivity index (χ0v) is 22.9. The number of hydrogen-bond donors (Lipinski definition) is 2. The predicted molar refractivity (Wildman–Crippen MR) is 153 cm³/mol. The number of hydrogen-bond acceptors (Lipinski definition) is 8. The Kier molecular flexibility index (Phi) is 9.13. The number of nitrogens with one attached hydrogen (secondary N) is 2. The van der Waals surface area contributed by atoms with Crippen LogP contribution in [-0.4, -0.2) is 62.8 Å². The lowest BCUT2D eigenvalue weighted by atomic mass is 9.98. The second-order valence-corrected chi connectivity index (χ2v) is 10.1. The van der Waals surface area contributed by atoms with Gasteiger partial charge in [-0.25, -0.2) is 4.98 Å². The highest BCUT2D eigenvalue weighted by Gasteiger charge is 2.21. The highest BCUT2D eigenvalue weighted by molar-refractivity contribution is 7.12. The van der Waals surface area contributed by atoms with E-state index in [0.717, 1.165) is 59.2 Å². The van der Waals surface area contributed by atoms with Crippen LogP contribution >= 0.6 is 11.3 Å². The van der Waals surface area contributed by atoms with Crippen LogP contribution in [0.3, 0.4) is 0 Å². The maximum Gasteiger partial charge on any atom is 0.284 e. The van der Waals surface area contributed by atoms with Crippen LogP contribution in [0.15, 0.2) is 59.6 Å². The van der Waals surface area contributed by atoms with Crippen molar-refractivity contribution in [3.63, 3.8) is 0 Å². The second-order valence-electron chi connectivity index (χ2n) is 9.27. The number of fused-ring (bicyclic) bond motifs is 1. The van der Waals surface area contributed by atoms with Crippen LogP contribution in [0.4, 0.5) is 5.69 Å². The van der Waals surface area contributed by atoms with Gasteiger partial charge < -0.3 is 25.0 Å². The van der Waals surface area contributed by atoms with Gasteiger partial charge in [-0.15, -0.1) is 11.3 Å². The van der Waals surface area contributed by atoms with Crippen LogP contribution < -0.4 is 15.4 Å². The maximum atomic E-state index is 12.9. The number of likely N-dealkylation sites (N-methyl/N-ethyl adjacent to an activating group) is 1. The molecule has 0 bridgehead atoms. The van der Waals surface area contributed by atoms with Crippen molar-refractivity contribution in [3.8, 4) is 23.1 Å². The molecule has 1 heterocycles. The molecule has 9 heteroatoms. The number of aromatic nitrogens is 1. The lowest BCUT2D eigenvalue weighted by Crippen LogP contribution is -2.36. The van der Waals surface area contributed by atoms with Crippen molar-refractivity contribution in [2.75, 3.05) is 46.3 Å². The van der Waals surface area contributed by atoms with Crippen molar-refractivity contribution in [3.05, 3.63) is 64.6 Å². The minimum atomic E-state index is -0.182. The SMILES string of the molecule is C=C(C#N)CNc1c(OC)ccc2ccc(-c3csc(C(=O)NC4=CC[C@H](N(C)CCOC)CC4)n3)cc12. The average molecular weight is 532 g/mol. The standard InChI is InChI=1S/C29H33N5O3S/c1-19(16-30)17-31-27-24-15-21(6-5-20(24)7-12-26(27)37-4)25-18-38-29(33-25)28(35)32-22-8-10-23(11-9-22)34(2)13-14-36-3/h5-8,12,15,18,23,31H,1,9-11,13-14,17H2,2-4H3,(H,32,35)/t23-/m0/s1. The fourth-order valence-corrected chi connectivity index (χ4v) is 5.23. The van der Waals surface area contributed by atoms with Crippen molar-refractivity contribution in [1.29, 1.82) is 5.26 Å². The van der Waals surface area contributed by atoms with Gasteiger partial charge in [0.2, 0.25) is 0 Å². The first kappa shape index (κ1) is 27.3. The number of thiazole rings is 1. The molecule has 0 unspecified atom stereocenters. The molecule has 38 heavy (non-hydrogen) atoms. The summed E-state index contributed by atoms with van der Waals surface area (Å²) in [6.45, 7) is 5.68. The molecule has 0 spiro atoms. The minimum absolute atomic E-state index is 0.182. The number of nitriles is 1.